The van der Waals surface area contributed by atoms with E-state index in [9.17, 15) is 82.7 Å². The third kappa shape index (κ3) is 4.93. The first-order chi connectivity index (χ1) is 16.0. The average molecular weight is 619 g/mol. The number of alkyl halides is 15. The van der Waals surface area contributed by atoms with Crippen molar-refractivity contribution in [2.75, 3.05) is 0 Å². The van der Waals surface area contributed by atoms with Crippen molar-refractivity contribution >= 4 is 20.1 Å². The Labute approximate surface area is 195 Å². The Morgan fingerprint density at radius 2 is 1.00 bits per heavy atom. The number of sulfonamides is 1. The summed E-state index contributed by atoms with van der Waals surface area (Å²) in [4.78, 5) is -1.29. The third-order valence-corrected chi connectivity index (χ3v) is 6.75. The van der Waals surface area contributed by atoms with Crippen LogP contribution >= 0.6 is 0 Å². The summed E-state index contributed by atoms with van der Waals surface area (Å²) in [7, 11) is -12.8. The van der Waals surface area contributed by atoms with E-state index >= 15 is 0 Å². The maximum absolute atomic E-state index is 13.9. The topological polar surface area (TPSA) is 101 Å². The van der Waals surface area contributed by atoms with E-state index in [0.29, 0.717) is 16.9 Å². The molecule has 0 radical (unpaired) electrons. The van der Waals surface area contributed by atoms with Crippen LogP contribution in [-0.2, 0) is 26.7 Å². The van der Waals surface area contributed by atoms with Crippen LogP contribution in [0.4, 0.5) is 65.9 Å². The molecule has 1 aromatic carbocycles. The van der Waals surface area contributed by atoms with Crippen LogP contribution in [0.1, 0.15) is 5.56 Å². The highest BCUT2D eigenvalue weighted by Gasteiger charge is 2.94. The normalized spacial score (nSPS) is 15.7. The summed E-state index contributed by atoms with van der Waals surface area (Å²) in [5.74, 6) is -42.4. The summed E-state index contributed by atoms with van der Waals surface area (Å²) in [5.41, 5.74) is -1.07. The molecule has 0 amide bonds. The van der Waals surface area contributed by atoms with Gasteiger partial charge in [-0.25, -0.2) is 13.1 Å². The molecule has 1 aromatic rings. The summed E-state index contributed by atoms with van der Waals surface area (Å²) >= 11 is 0. The molecule has 2 N–H and O–H groups in total. The molecule has 0 saturated carbocycles. The number of benzene rings is 1. The molecular weight excluding hydrogens is 611 g/mol. The van der Waals surface area contributed by atoms with Gasteiger partial charge in [-0.05, 0) is 11.6 Å². The lowest BCUT2D eigenvalue weighted by Gasteiger charge is -2.41. The second-order valence-corrected chi connectivity index (χ2v) is 9.99. The molecule has 23 heteroatoms. The maximum Gasteiger partial charge on any atom is 0.460 e. The third-order valence-electron chi connectivity index (χ3n) is 4.34. The summed E-state index contributed by atoms with van der Waals surface area (Å²) in [5, 5.41) is -7.66. The van der Waals surface area contributed by atoms with E-state index in [0.717, 1.165) is 12.1 Å². The zero-order valence-electron chi connectivity index (χ0n) is 16.6. The predicted octanol–water partition coefficient (Wildman–Crippen LogP) is 4.68. The minimum Gasteiger partial charge on any atom is -0.282 e. The van der Waals surface area contributed by atoms with Gasteiger partial charge in [0.1, 0.15) is 0 Å². The molecule has 0 fully saturated rings. The van der Waals surface area contributed by atoms with Crippen LogP contribution in [0, 0.1) is 0 Å². The van der Waals surface area contributed by atoms with E-state index in [1.165, 1.54) is 0 Å². The van der Waals surface area contributed by atoms with Crippen LogP contribution in [0.5, 0.6) is 0 Å². The minimum atomic E-state index is -8.68. The van der Waals surface area contributed by atoms with E-state index in [1.807, 2.05) is 0 Å². The molecule has 6 nitrogen and oxygen atoms in total. The van der Waals surface area contributed by atoms with E-state index < -0.39 is 78.2 Å². The Kier molecular flexibility index (Phi) is 8.06. The van der Waals surface area contributed by atoms with Crippen LogP contribution < -0.4 is 4.72 Å². The monoisotopic (exact) mass is 619 g/mol. The zero-order valence-corrected chi connectivity index (χ0v) is 18.2. The van der Waals surface area contributed by atoms with Crippen molar-refractivity contribution in [3.8, 4) is 0 Å². The molecule has 216 valence electrons. The van der Waals surface area contributed by atoms with Crippen molar-refractivity contribution in [2.24, 2.45) is 0 Å². The first-order valence-corrected chi connectivity index (χ1v) is 11.3. The average Bonchev–Trinajstić information content (AvgIpc) is 2.70. The van der Waals surface area contributed by atoms with E-state index in [1.54, 1.807) is 0 Å². The lowest BCUT2D eigenvalue weighted by atomic mass is 9.94. The number of hydrogen-bond donors (Lipinski definition) is 2. The molecular formula is C14H8F15NO5S2. The van der Waals surface area contributed by atoms with Gasteiger partial charge in [0.2, 0.25) is 0 Å². The second kappa shape index (κ2) is 9.03. The molecule has 0 unspecified atom stereocenters. The van der Waals surface area contributed by atoms with Crippen molar-refractivity contribution < 1.29 is 87.2 Å². The van der Waals surface area contributed by atoms with Gasteiger partial charge >= 0.3 is 41.0 Å². The summed E-state index contributed by atoms with van der Waals surface area (Å²) in [6, 6.07) is 2.60. The Balaban J connectivity index is 3.57. The largest absolute Gasteiger partial charge is 0.460 e. The molecule has 0 bridgehead atoms. The zero-order chi connectivity index (χ0) is 29.9. The standard InChI is InChI=1S/C14H8F15NO5S2/c15-8(16,9(17,18)11(21,22)13(25,26)27)10(19,20)12(23,24)14(28,29)37(34,35)30-5-6-3-1-2-4-7(6)36(31,32)33/h1-4,30H,5H2,(H,31,32,33). The molecule has 0 aliphatic rings. The molecule has 0 aliphatic carbocycles. The van der Waals surface area contributed by atoms with Crippen molar-refractivity contribution in [3.63, 3.8) is 0 Å². The first-order valence-electron chi connectivity index (χ1n) is 8.33. The lowest BCUT2D eigenvalue weighted by molar-refractivity contribution is -0.447. The second-order valence-electron chi connectivity index (χ2n) is 6.79. The fourth-order valence-corrected chi connectivity index (χ4v) is 4.00. The number of halogens is 15. The SMILES string of the molecule is O=S(=O)(O)c1ccccc1CNS(=O)(=O)C(F)(F)C(F)(F)C(F)(F)C(F)(F)C(F)(F)C(F)(F)C(F)(F)F. The number of hydrogen-bond acceptors (Lipinski definition) is 4. The molecule has 0 aromatic heterocycles. The van der Waals surface area contributed by atoms with Crippen molar-refractivity contribution in [1.82, 2.24) is 4.72 Å². The molecule has 1 rings (SSSR count). The van der Waals surface area contributed by atoms with Gasteiger partial charge in [-0.2, -0.15) is 74.3 Å². The predicted molar refractivity (Wildman–Crippen MR) is 87.8 cm³/mol. The van der Waals surface area contributed by atoms with Crippen LogP contribution in [0.3, 0.4) is 0 Å². The Hall–Kier alpha value is -2.01. The Morgan fingerprint density at radius 1 is 0.622 bits per heavy atom. The van der Waals surface area contributed by atoms with Crippen molar-refractivity contribution in [2.45, 2.75) is 52.5 Å². The van der Waals surface area contributed by atoms with Gasteiger partial charge in [0, 0.05) is 6.54 Å². The van der Waals surface area contributed by atoms with Crippen LogP contribution in [-0.4, -0.2) is 62.4 Å². The van der Waals surface area contributed by atoms with Crippen LogP contribution in [0.2, 0.25) is 0 Å². The maximum atomic E-state index is 13.9. The van der Waals surface area contributed by atoms with Gasteiger partial charge in [0.25, 0.3) is 20.1 Å². The highest BCUT2D eigenvalue weighted by molar-refractivity contribution is 7.90. The molecule has 37 heavy (non-hydrogen) atoms. The fraction of sp³-hybridized carbons (Fsp3) is 0.571. The van der Waals surface area contributed by atoms with Crippen LogP contribution in [0.15, 0.2) is 29.2 Å². The van der Waals surface area contributed by atoms with Crippen molar-refractivity contribution in [1.29, 1.82) is 0 Å². The number of nitrogens with one attached hydrogen (secondary N) is 1. The number of rotatable bonds is 10. The van der Waals surface area contributed by atoms with Gasteiger partial charge in [-0.15, -0.1) is 0 Å². The van der Waals surface area contributed by atoms with Gasteiger partial charge < -0.3 is 0 Å². The summed E-state index contributed by atoms with van der Waals surface area (Å²) < 4.78 is 252. The van der Waals surface area contributed by atoms with Gasteiger partial charge in [0.05, 0.1) is 4.90 Å². The van der Waals surface area contributed by atoms with E-state index in [4.69, 9.17) is 4.55 Å². The van der Waals surface area contributed by atoms with Gasteiger partial charge in [-0.1, -0.05) is 18.2 Å². The molecule has 0 aliphatic heterocycles. The van der Waals surface area contributed by atoms with Crippen molar-refractivity contribution in [3.05, 3.63) is 29.8 Å². The fourth-order valence-electron chi connectivity index (χ4n) is 2.29. The molecule has 0 spiro atoms. The first kappa shape index (κ1) is 33.0. The summed E-state index contributed by atoms with van der Waals surface area (Å²) in [6.07, 6.45) is -7.82. The van der Waals surface area contributed by atoms with E-state index in [2.05, 4.69) is 0 Å². The van der Waals surface area contributed by atoms with E-state index in [-0.39, 0.29) is 0 Å². The Bertz CT molecular complexity index is 1230. The van der Waals surface area contributed by atoms with Crippen LogP contribution in [0.25, 0.3) is 0 Å². The highest BCUT2D eigenvalue weighted by atomic mass is 32.2. The Morgan fingerprint density at radius 3 is 1.41 bits per heavy atom. The molecule has 0 heterocycles. The molecule has 0 saturated heterocycles. The van der Waals surface area contributed by atoms with Gasteiger partial charge in [-0.3, -0.25) is 4.55 Å². The lowest BCUT2D eigenvalue weighted by Crippen LogP contribution is -2.73. The highest BCUT2D eigenvalue weighted by Crippen LogP contribution is 2.62. The van der Waals surface area contributed by atoms with Gasteiger partial charge in [0.15, 0.2) is 0 Å². The minimum absolute atomic E-state index is 0.324. The quantitative estimate of drug-likeness (QED) is 0.293. The summed E-state index contributed by atoms with van der Waals surface area (Å²) in [6.45, 7) is -1.91. The molecule has 0 atom stereocenters. The smallest absolute Gasteiger partial charge is 0.282 e.